The molecular weight excluding hydrogens is 326 g/mol. The van der Waals surface area contributed by atoms with E-state index in [-0.39, 0.29) is 0 Å². The maximum atomic E-state index is 6.27. The Bertz CT molecular complexity index is 469. The molecule has 0 heterocycles. The molecule has 1 aromatic carbocycles. The fourth-order valence-electron chi connectivity index (χ4n) is 3.39. The highest BCUT2D eigenvalue weighted by molar-refractivity contribution is 5.14. The highest BCUT2D eigenvalue weighted by Crippen LogP contribution is 2.39. The molecule has 0 radical (unpaired) electrons. The molecule has 0 saturated carbocycles. The molecule has 1 unspecified atom stereocenters. The Morgan fingerprint density at radius 2 is 1.44 bits per heavy atom. The summed E-state index contributed by atoms with van der Waals surface area (Å²) in [5, 5.41) is 0. The molecule has 0 aromatic heterocycles. The van der Waals surface area contributed by atoms with Gasteiger partial charge >= 0.3 is 0 Å². The van der Waals surface area contributed by atoms with Gasteiger partial charge in [0.15, 0.2) is 0 Å². The van der Waals surface area contributed by atoms with E-state index in [4.69, 9.17) is 5.73 Å². The smallest absolute Gasteiger partial charge is 0.00697 e. The van der Waals surface area contributed by atoms with Crippen molar-refractivity contribution >= 4 is 0 Å². The molecule has 27 heavy (non-hydrogen) atoms. The van der Waals surface area contributed by atoms with E-state index < -0.39 is 0 Å². The van der Waals surface area contributed by atoms with Crippen LogP contribution in [-0.2, 0) is 6.42 Å². The first kappa shape index (κ1) is 26.2. The SMILES string of the molecule is CCC(C)CCc1ccccc1.CC[C@@H](N)[C@H](CC(C)(C)CC)C(C)(C)C. The molecule has 3 atom stereocenters. The molecule has 158 valence electrons. The molecule has 0 amide bonds. The second-order valence-corrected chi connectivity index (χ2v) is 10.3. The lowest BCUT2D eigenvalue weighted by molar-refractivity contribution is 0.124. The minimum Gasteiger partial charge on any atom is -0.327 e. The Morgan fingerprint density at radius 3 is 1.85 bits per heavy atom. The summed E-state index contributed by atoms with van der Waals surface area (Å²) in [6, 6.07) is 11.1. The van der Waals surface area contributed by atoms with Gasteiger partial charge in [0.05, 0.1) is 0 Å². The van der Waals surface area contributed by atoms with Crippen molar-refractivity contribution in [2.75, 3.05) is 0 Å². The first-order chi connectivity index (χ1) is 12.5. The Balaban J connectivity index is 0.000000511. The van der Waals surface area contributed by atoms with Gasteiger partial charge in [0.25, 0.3) is 0 Å². The number of aryl methyl sites for hydroxylation is 1. The largest absolute Gasteiger partial charge is 0.327 e. The van der Waals surface area contributed by atoms with E-state index in [1.165, 1.54) is 37.7 Å². The molecule has 2 N–H and O–H groups in total. The maximum absolute atomic E-state index is 6.27. The summed E-state index contributed by atoms with van der Waals surface area (Å²) < 4.78 is 0. The van der Waals surface area contributed by atoms with Gasteiger partial charge in [-0.1, -0.05) is 105 Å². The standard InChI is InChI=1S/C14H31N.C12H18/c1-8-12(15)11(13(3,4)5)10-14(6,7)9-2;1-3-11(2)9-10-12-7-5-4-6-8-12/h11-12H,8-10,15H2,1-7H3;4-8,11H,3,9-10H2,1-2H3/t11-,12+;/m0./s1. The van der Waals surface area contributed by atoms with Crippen molar-refractivity contribution in [2.45, 2.75) is 107 Å². The summed E-state index contributed by atoms with van der Waals surface area (Å²) in [5.41, 5.74) is 8.48. The molecule has 0 bridgehead atoms. The fraction of sp³-hybridized carbons (Fsp3) is 0.769. The minimum absolute atomic E-state index is 0.321. The Morgan fingerprint density at radius 1 is 0.889 bits per heavy atom. The van der Waals surface area contributed by atoms with E-state index in [0.717, 1.165) is 12.3 Å². The highest BCUT2D eigenvalue weighted by Gasteiger charge is 2.33. The normalized spacial score (nSPS) is 15.5. The zero-order valence-corrected chi connectivity index (χ0v) is 19.9. The van der Waals surface area contributed by atoms with Crippen molar-refractivity contribution in [3.8, 4) is 0 Å². The van der Waals surface area contributed by atoms with Gasteiger partial charge in [0.1, 0.15) is 0 Å². The molecule has 0 spiro atoms. The Hall–Kier alpha value is -0.820. The van der Waals surface area contributed by atoms with Gasteiger partial charge < -0.3 is 5.73 Å². The Kier molecular flexibility index (Phi) is 12.2. The topological polar surface area (TPSA) is 26.0 Å². The molecule has 0 aliphatic rings. The summed E-state index contributed by atoms with van der Waals surface area (Å²) >= 11 is 0. The lowest BCUT2D eigenvalue weighted by atomic mass is 9.67. The van der Waals surface area contributed by atoms with Crippen molar-refractivity contribution < 1.29 is 0 Å². The van der Waals surface area contributed by atoms with Gasteiger partial charge in [-0.2, -0.15) is 0 Å². The summed E-state index contributed by atoms with van der Waals surface area (Å²) in [4.78, 5) is 0. The third kappa shape index (κ3) is 11.6. The monoisotopic (exact) mass is 375 g/mol. The molecule has 0 aliphatic heterocycles. The number of hydrogen-bond donors (Lipinski definition) is 1. The average molecular weight is 376 g/mol. The van der Waals surface area contributed by atoms with Crippen molar-refractivity contribution in [1.29, 1.82) is 0 Å². The van der Waals surface area contributed by atoms with Crippen LogP contribution in [0.3, 0.4) is 0 Å². The summed E-state index contributed by atoms with van der Waals surface area (Å²) in [6.07, 6.45) is 7.41. The lowest BCUT2D eigenvalue weighted by Gasteiger charge is -2.40. The molecule has 1 heteroatoms. The molecule has 0 fully saturated rings. The second-order valence-electron chi connectivity index (χ2n) is 10.3. The van der Waals surface area contributed by atoms with Crippen LogP contribution in [0, 0.1) is 22.7 Å². The first-order valence-electron chi connectivity index (χ1n) is 11.3. The van der Waals surface area contributed by atoms with Crippen molar-refractivity contribution in [3.63, 3.8) is 0 Å². The van der Waals surface area contributed by atoms with Crippen LogP contribution >= 0.6 is 0 Å². The molecule has 0 aliphatic carbocycles. The molecule has 1 aromatic rings. The quantitative estimate of drug-likeness (QED) is 0.466. The van der Waals surface area contributed by atoms with E-state index in [1.807, 2.05) is 0 Å². The van der Waals surface area contributed by atoms with Gasteiger partial charge in [-0.15, -0.1) is 0 Å². The van der Waals surface area contributed by atoms with E-state index >= 15 is 0 Å². The average Bonchev–Trinajstić information content (AvgIpc) is 2.64. The van der Waals surface area contributed by atoms with Crippen LogP contribution in [0.25, 0.3) is 0 Å². The van der Waals surface area contributed by atoms with E-state index in [9.17, 15) is 0 Å². The molecule has 0 saturated heterocycles. The van der Waals surface area contributed by atoms with Crippen LogP contribution in [0.15, 0.2) is 30.3 Å². The Labute approximate surface area is 171 Å². The van der Waals surface area contributed by atoms with E-state index in [2.05, 4.69) is 92.6 Å². The van der Waals surface area contributed by atoms with Crippen molar-refractivity contribution in [3.05, 3.63) is 35.9 Å². The lowest BCUT2D eigenvalue weighted by Crippen LogP contribution is -2.40. The summed E-state index contributed by atoms with van der Waals surface area (Å²) in [5.74, 6) is 1.49. The van der Waals surface area contributed by atoms with Gasteiger partial charge in [-0.25, -0.2) is 0 Å². The van der Waals surface area contributed by atoms with E-state index in [0.29, 0.717) is 22.8 Å². The number of nitrogens with two attached hydrogens (primary N) is 1. The number of rotatable bonds is 9. The summed E-state index contributed by atoms with van der Waals surface area (Å²) in [6.45, 7) is 20.7. The molecule has 1 rings (SSSR count). The third-order valence-corrected chi connectivity index (χ3v) is 6.30. The van der Waals surface area contributed by atoms with Crippen LogP contribution in [0.5, 0.6) is 0 Å². The summed E-state index contributed by atoms with van der Waals surface area (Å²) in [7, 11) is 0. The third-order valence-electron chi connectivity index (χ3n) is 6.30. The minimum atomic E-state index is 0.321. The number of benzene rings is 1. The van der Waals surface area contributed by atoms with Crippen LogP contribution in [0.2, 0.25) is 0 Å². The van der Waals surface area contributed by atoms with Crippen LogP contribution < -0.4 is 5.73 Å². The van der Waals surface area contributed by atoms with Crippen LogP contribution in [0.4, 0.5) is 0 Å². The van der Waals surface area contributed by atoms with Crippen molar-refractivity contribution in [2.24, 2.45) is 28.4 Å². The number of hydrogen-bond acceptors (Lipinski definition) is 1. The first-order valence-corrected chi connectivity index (χ1v) is 11.3. The highest BCUT2D eigenvalue weighted by atomic mass is 14.7. The van der Waals surface area contributed by atoms with Gasteiger partial charge in [-0.3, -0.25) is 0 Å². The maximum Gasteiger partial charge on any atom is 0.00697 e. The fourth-order valence-corrected chi connectivity index (χ4v) is 3.39. The predicted octanol–water partition coefficient (Wildman–Crippen LogP) is 7.88. The van der Waals surface area contributed by atoms with Crippen molar-refractivity contribution in [1.82, 2.24) is 0 Å². The van der Waals surface area contributed by atoms with Crippen LogP contribution in [-0.4, -0.2) is 6.04 Å². The predicted molar refractivity (Wildman–Crippen MR) is 124 cm³/mol. The second kappa shape index (κ2) is 12.6. The van der Waals surface area contributed by atoms with Crippen LogP contribution in [0.1, 0.15) is 100.0 Å². The zero-order valence-electron chi connectivity index (χ0n) is 19.9. The zero-order chi connectivity index (χ0) is 21.1. The molecular formula is C26H49N. The van der Waals surface area contributed by atoms with Gasteiger partial charge in [-0.05, 0) is 53.9 Å². The van der Waals surface area contributed by atoms with E-state index in [1.54, 1.807) is 0 Å². The van der Waals surface area contributed by atoms with Gasteiger partial charge in [0.2, 0.25) is 0 Å². The molecule has 1 nitrogen and oxygen atoms in total. The van der Waals surface area contributed by atoms with Gasteiger partial charge in [0, 0.05) is 6.04 Å².